The van der Waals surface area contributed by atoms with Crippen LogP contribution in [0, 0.1) is 12.7 Å². The van der Waals surface area contributed by atoms with Gasteiger partial charge in [0.05, 0.1) is 19.3 Å². The van der Waals surface area contributed by atoms with Crippen LogP contribution < -0.4 is 4.74 Å². The molecule has 1 aliphatic heterocycles. The van der Waals surface area contributed by atoms with Crippen molar-refractivity contribution in [3.63, 3.8) is 0 Å². The minimum atomic E-state index is -0.651. The predicted octanol–water partition coefficient (Wildman–Crippen LogP) is 2.36. The van der Waals surface area contributed by atoms with Crippen molar-refractivity contribution in [3.05, 3.63) is 65.5 Å². The van der Waals surface area contributed by atoms with Crippen LogP contribution in [0.1, 0.15) is 15.9 Å². The summed E-state index contributed by atoms with van der Waals surface area (Å²) in [6, 6.07) is 13.4. The van der Waals surface area contributed by atoms with Gasteiger partial charge in [0, 0.05) is 45.4 Å². The summed E-state index contributed by atoms with van der Waals surface area (Å²) in [5, 5.41) is 10.5. The molecule has 1 saturated heterocycles. The minimum absolute atomic E-state index is 0.199. The first-order valence-corrected chi connectivity index (χ1v) is 11.2. The Kier molecular flexibility index (Phi) is 9.62. The molecule has 1 aliphatic rings. The molecule has 2 aromatic carbocycles. The number of benzene rings is 2. The Labute approximate surface area is 194 Å². The number of ether oxygens (including phenoxy) is 3. The molecular formula is C25H33FN2O5. The molecule has 180 valence electrons. The SMILES string of the molecule is COCCN(CC1CN(CC(O)COc2ccccc2C)CCO1)C(=O)c1cccc(F)c1. The van der Waals surface area contributed by atoms with E-state index in [1.807, 2.05) is 31.2 Å². The molecule has 1 amide bonds. The lowest BCUT2D eigenvalue weighted by atomic mass is 10.1. The Balaban J connectivity index is 1.53. The first kappa shape index (κ1) is 25.1. The standard InChI is InChI=1S/C25H33FN2O5/c1-19-6-3-4-9-24(19)33-18-22(29)15-27-10-13-32-23(16-27)17-28(11-12-31-2)25(30)20-7-5-8-21(26)14-20/h3-9,14,22-23,29H,10-13,15-18H2,1-2H3. The van der Waals surface area contributed by atoms with Gasteiger partial charge in [-0.15, -0.1) is 0 Å². The topological polar surface area (TPSA) is 71.5 Å². The second kappa shape index (κ2) is 12.6. The Morgan fingerprint density at radius 1 is 1.30 bits per heavy atom. The van der Waals surface area contributed by atoms with E-state index in [9.17, 15) is 14.3 Å². The highest BCUT2D eigenvalue weighted by Gasteiger charge is 2.27. The highest BCUT2D eigenvalue weighted by molar-refractivity contribution is 5.94. The van der Waals surface area contributed by atoms with Gasteiger partial charge in [0.2, 0.25) is 0 Å². The number of morpholine rings is 1. The van der Waals surface area contributed by atoms with Gasteiger partial charge in [-0.25, -0.2) is 4.39 Å². The lowest BCUT2D eigenvalue weighted by Gasteiger charge is -2.36. The zero-order chi connectivity index (χ0) is 23.6. The van der Waals surface area contributed by atoms with Crippen LogP contribution in [-0.4, -0.2) is 92.7 Å². The van der Waals surface area contributed by atoms with Gasteiger partial charge in [0.15, 0.2) is 0 Å². The third kappa shape index (κ3) is 7.78. The van der Waals surface area contributed by atoms with Crippen molar-refractivity contribution < 1.29 is 28.5 Å². The van der Waals surface area contributed by atoms with Crippen LogP contribution in [0.2, 0.25) is 0 Å². The molecule has 0 spiro atoms. The number of para-hydroxylation sites is 1. The van der Waals surface area contributed by atoms with Crippen LogP contribution in [0.15, 0.2) is 48.5 Å². The van der Waals surface area contributed by atoms with Gasteiger partial charge in [-0.05, 0) is 36.8 Å². The number of hydrogen-bond donors (Lipinski definition) is 1. The lowest BCUT2D eigenvalue weighted by molar-refractivity contribution is -0.0546. The van der Waals surface area contributed by atoms with Crippen molar-refractivity contribution in [3.8, 4) is 5.75 Å². The number of amides is 1. The van der Waals surface area contributed by atoms with Gasteiger partial charge >= 0.3 is 0 Å². The van der Waals surface area contributed by atoms with Crippen LogP contribution in [-0.2, 0) is 9.47 Å². The van der Waals surface area contributed by atoms with Gasteiger partial charge in [0.1, 0.15) is 24.3 Å². The lowest BCUT2D eigenvalue weighted by Crippen LogP contribution is -2.51. The number of methoxy groups -OCH3 is 1. The van der Waals surface area contributed by atoms with Gasteiger partial charge in [0.25, 0.3) is 5.91 Å². The maximum absolute atomic E-state index is 13.6. The van der Waals surface area contributed by atoms with Gasteiger partial charge in [-0.3, -0.25) is 9.69 Å². The van der Waals surface area contributed by atoms with E-state index in [0.29, 0.717) is 51.5 Å². The second-order valence-electron chi connectivity index (χ2n) is 8.24. The van der Waals surface area contributed by atoms with E-state index in [-0.39, 0.29) is 18.6 Å². The van der Waals surface area contributed by atoms with Gasteiger partial charge in [-0.2, -0.15) is 0 Å². The van der Waals surface area contributed by atoms with Crippen LogP contribution in [0.4, 0.5) is 4.39 Å². The van der Waals surface area contributed by atoms with E-state index >= 15 is 0 Å². The molecule has 1 N–H and O–H groups in total. The molecule has 0 saturated carbocycles. The normalized spacial score (nSPS) is 17.5. The van der Waals surface area contributed by atoms with E-state index < -0.39 is 11.9 Å². The largest absolute Gasteiger partial charge is 0.491 e. The fourth-order valence-corrected chi connectivity index (χ4v) is 3.84. The highest BCUT2D eigenvalue weighted by atomic mass is 19.1. The Morgan fingerprint density at radius 2 is 2.12 bits per heavy atom. The summed E-state index contributed by atoms with van der Waals surface area (Å²) in [6.45, 7) is 5.47. The number of hydrogen-bond acceptors (Lipinski definition) is 6. The maximum Gasteiger partial charge on any atom is 0.254 e. The molecule has 8 heteroatoms. The molecule has 0 aliphatic carbocycles. The van der Waals surface area contributed by atoms with E-state index in [2.05, 4.69) is 4.90 Å². The zero-order valence-corrected chi connectivity index (χ0v) is 19.3. The van der Waals surface area contributed by atoms with E-state index in [1.165, 1.54) is 18.2 Å². The van der Waals surface area contributed by atoms with E-state index in [4.69, 9.17) is 14.2 Å². The summed E-state index contributed by atoms with van der Waals surface area (Å²) >= 11 is 0. The van der Waals surface area contributed by atoms with E-state index in [1.54, 1.807) is 18.1 Å². The molecular weight excluding hydrogens is 427 g/mol. The minimum Gasteiger partial charge on any atom is -0.491 e. The molecule has 0 aromatic heterocycles. The molecule has 0 bridgehead atoms. The Morgan fingerprint density at radius 3 is 2.88 bits per heavy atom. The Hall–Kier alpha value is -2.52. The van der Waals surface area contributed by atoms with Gasteiger partial charge < -0.3 is 24.2 Å². The number of aryl methyl sites for hydroxylation is 1. The summed E-state index contributed by atoms with van der Waals surface area (Å²) in [5.74, 6) is 0.0505. The Bertz CT molecular complexity index is 897. The monoisotopic (exact) mass is 460 g/mol. The number of aliphatic hydroxyl groups excluding tert-OH is 1. The number of β-amino-alcohol motifs (C(OH)–C–C–N with tert-alkyl or cyclic N) is 1. The smallest absolute Gasteiger partial charge is 0.254 e. The van der Waals surface area contributed by atoms with Crippen molar-refractivity contribution in [2.45, 2.75) is 19.1 Å². The molecule has 0 radical (unpaired) electrons. The van der Waals surface area contributed by atoms with Crippen molar-refractivity contribution in [2.24, 2.45) is 0 Å². The quantitative estimate of drug-likeness (QED) is 0.555. The summed E-state index contributed by atoms with van der Waals surface area (Å²) in [4.78, 5) is 16.7. The summed E-state index contributed by atoms with van der Waals surface area (Å²) in [7, 11) is 1.57. The number of aliphatic hydroxyl groups is 1. The van der Waals surface area contributed by atoms with Crippen molar-refractivity contribution in [2.75, 3.05) is 59.7 Å². The molecule has 1 fully saturated rings. The average molecular weight is 461 g/mol. The van der Waals surface area contributed by atoms with Gasteiger partial charge in [-0.1, -0.05) is 24.3 Å². The van der Waals surface area contributed by atoms with E-state index in [0.717, 1.165) is 11.3 Å². The predicted molar refractivity (Wildman–Crippen MR) is 123 cm³/mol. The third-order valence-corrected chi connectivity index (χ3v) is 5.56. The number of carbonyl (C=O) groups excluding carboxylic acids is 1. The zero-order valence-electron chi connectivity index (χ0n) is 19.3. The van der Waals surface area contributed by atoms with Crippen molar-refractivity contribution in [1.82, 2.24) is 9.80 Å². The summed E-state index contributed by atoms with van der Waals surface area (Å²) in [6.07, 6.45) is -0.875. The number of carbonyl (C=O) groups is 1. The molecule has 2 unspecified atom stereocenters. The van der Waals surface area contributed by atoms with Crippen LogP contribution >= 0.6 is 0 Å². The maximum atomic E-state index is 13.6. The number of rotatable bonds is 11. The fraction of sp³-hybridized carbons (Fsp3) is 0.480. The third-order valence-electron chi connectivity index (χ3n) is 5.56. The number of nitrogens with zero attached hydrogens (tertiary/aromatic N) is 2. The summed E-state index contributed by atoms with van der Waals surface area (Å²) < 4.78 is 30.4. The average Bonchev–Trinajstić information content (AvgIpc) is 2.81. The first-order chi connectivity index (χ1) is 16.0. The molecule has 7 nitrogen and oxygen atoms in total. The molecule has 2 atom stereocenters. The number of halogens is 1. The molecule has 2 aromatic rings. The first-order valence-electron chi connectivity index (χ1n) is 11.2. The molecule has 1 heterocycles. The highest BCUT2D eigenvalue weighted by Crippen LogP contribution is 2.17. The second-order valence-corrected chi connectivity index (χ2v) is 8.24. The van der Waals surface area contributed by atoms with Crippen LogP contribution in [0.3, 0.4) is 0 Å². The summed E-state index contributed by atoms with van der Waals surface area (Å²) in [5.41, 5.74) is 1.32. The fourth-order valence-electron chi connectivity index (χ4n) is 3.84. The molecule has 3 rings (SSSR count). The van der Waals surface area contributed by atoms with Crippen LogP contribution in [0.5, 0.6) is 5.75 Å². The molecule has 33 heavy (non-hydrogen) atoms. The van der Waals surface area contributed by atoms with Crippen molar-refractivity contribution in [1.29, 1.82) is 0 Å². The van der Waals surface area contributed by atoms with Crippen LogP contribution in [0.25, 0.3) is 0 Å². The van der Waals surface area contributed by atoms with Crippen molar-refractivity contribution >= 4 is 5.91 Å².